The van der Waals surface area contributed by atoms with E-state index in [1.54, 1.807) is 13.8 Å². The van der Waals surface area contributed by atoms with Gasteiger partial charge in [-0.3, -0.25) is 9.98 Å². The van der Waals surface area contributed by atoms with Crippen LogP contribution in [0.4, 0.5) is 0 Å². The average Bonchev–Trinajstić information content (AvgIpc) is 2.90. The molecule has 0 aromatic heterocycles. The molecule has 0 saturated heterocycles. The molecule has 109 valence electrons. The average molecular weight is 310 g/mol. The van der Waals surface area contributed by atoms with Crippen LogP contribution in [0.25, 0.3) is 11.5 Å². The molecule has 1 radical (unpaired) electrons. The number of nitrogens with zero attached hydrogens (tertiary/aromatic N) is 2. The van der Waals surface area contributed by atoms with Gasteiger partial charge >= 0.3 is 17.1 Å². The predicted molar refractivity (Wildman–Crippen MR) is 79.2 cm³/mol. The zero-order valence-electron chi connectivity index (χ0n) is 11.6. The van der Waals surface area contributed by atoms with E-state index in [1.165, 1.54) is 12.8 Å². The first-order valence-electron chi connectivity index (χ1n) is 6.44. The topological polar surface area (TPSA) is 72.3 Å². The molecule has 5 heteroatoms. The zero-order chi connectivity index (χ0) is 13.4. The first kappa shape index (κ1) is 17.9. The van der Waals surface area contributed by atoms with Crippen molar-refractivity contribution in [2.75, 3.05) is 13.1 Å². The Morgan fingerprint density at radius 2 is 1.26 bits per heavy atom. The van der Waals surface area contributed by atoms with E-state index < -0.39 is 0 Å². The molecule has 19 heavy (non-hydrogen) atoms. The Bertz CT molecular complexity index is 348. The summed E-state index contributed by atoms with van der Waals surface area (Å²) < 4.78 is 0. The van der Waals surface area contributed by atoms with E-state index in [2.05, 4.69) is 9.98 Å². The molecule has 0 unspecified atom stereocenters. The van der Waals surface area contributed by atoms with E-state index in [-0.39, 0.29) is 17.1 Å². The molecule has 0 atom stereocenters. The molecule has 0 aromatic carbocycles. The molecule has 0 bridgehead atoms. The first-order chi connectivity index (χ1) is 8.58. The minimum absolute atomic E-state index is 0. The van der Waals surface area contributed by atoms with Crippen molar-refractivity contribution in [2.24, 2.45) is 9.98 Å². The number of hydrogen-bond donors (Lipinski definition) is 0. The predicted octanol–water partition coefficient (Wildman–Crippen LogP) is 4.35. The fourth-order valence-corrected chi connectivity index (χ4v) is 1.86. The van der Waals surface area contributed by atoms with Gasteiger partial charge in [0.25, 0.3) is 0 Å². The van der Waals surface area contributed by atoms with Crippen LogP contribution in [0.1, 0.15) is 39.5 Å². The second-order valence-corrected chi connectivity index (χ2v) is 4.61. The maximum absolute atomic E-state index is 7.12. The second kappa shape index (κ2) is 9.82. The summed E-state index contributed by atoms with van der Waals surface area (Å²) in [6.45, 7) is 5.47. The number of allylic oxidation sites excluding steroid dienone is 4. The van der Waals surface area contributed by atoms with E-state index in [1.807, 2.05) is 12.2 Å². The molecular weight excluding hydrogens is 288 g/mol. The van der Waals surface area contributed by atoms with Gasteiger partial charge in [0.15, 0.2) is 0 Å². The summed E-state index contributed by atoms with van der Waals surface area (Å²) in [7, 11) is 0. The summed E-state index contributed by atoms with van der Waals surface area (Å²) in [5.41, 5.74) is 17.7. The summed E-state index contributed by atoms with van der Waals surface area (Å²) in [6.07, 6.45) is 8.14. The largest absolute Gasteiger partial charge is 2.00 e. The van der Waals surface area contributed by atoms with Crippen LogP contribution in [0.15, 0.2) is 33.5 Å². The quantitative estimate of drug-likeness (QED) is 0.680. The Morgan fingerprint density at radius 3 is 1.47 bits per heavy atom. The maximum Gasteiger partial charge on any atom is 2.00 e. The van der Waals surface area contributed by atoms with E-state index in [0.29, 0.717) is 11.4 Å². The van der Waals surface area contributed by atoms with Gasteiger partial charge in [-0.25, -0.2) is 0 Å². The molecule has 2 heterocycles. The van der Waals surface area contributed by atoms with Crippen molar-refractivity contribution in [3.63, 3.8) is 0 Å². The van der Waals surface area contributed by atoms with Gasteiger partial charge in [-0.15, -0.1) is 0 Å². The Hall–Kier alpha value is -1.06. The van der Waals surface area contributed by atoms with E-state index in [4.69, 9.17) is 11.5 Å². The smallest absolute Gasteiger partial charge is 0.702 e. The van der Waals surface area contributed by atoms with Gasteiger partial charge in [0.2, 0.25) is 0 Å². The molecule has 0 saturated carbocycles. The summed E-state index contributed by atoms with van der Waals surface area (Å²) in [4.78, 5) is 8.39. The molecule has 4 nitrogen and oxygen atoms in total. The van der Waals surface area contributed by atoms with E-state index in [9.17, 15) is 0 Å². The molecule has 0 fully saturated rings. The Balaban J connectivity index is 0.000000324. The van der Waals surface area contributed by atoms with Crippen LogP contribution in [0.3, 0.4) is 0 Å². The third-order valence-corrected chi connectivity index (χ3v) is 2.58. The van der Waals surface area contributed by atoms with Crippen molar-refractivity contribution in [2.45, 2.75) is 39.5 Å². The Labute approximate surface area is 126 Å². The number of aliphatic imine (C=N–C) groups is 2. The van der Waals surface area contributed by atoms with Crippen molar-refractivity contribution < 1.29 is 17.1 Å². The fraction of sp³-hybridized carbons (Fsp3) is 0.571. The normalized spacial score (nSPS) is 19.1. The van der Waals surface area contributed by atoms with Gasteiger partial charge in [0, 0.05) is 24.5 Å². The number of rotatable bonds is 2. The van der Waals surface area contributed by atoms with Crippen LogP contribution in [0, 0.1) is 0 Å². The SMILES string of the molecule is C/C([NH-])=C/C1=NCCC1.C/C([NH-])=C/C1=NCCC1.[Cu+2]. The van der Waals surface area contributed by atoms with Gasteiger partial charge in [0.05, 0.1) is 0 Å². The van der Waals surface area contributed by atoms with Crippen molar-refractivity contribution in [1.29, 1.82) is 0 Å². The summed E-state index contributed by atoms with van der Waals surface area (Å²) in [5.74, 6) is 0. The van der Waals surface area contributed by atoms with Crippen LogP contribution in [-0.2, 0) is 17.1 Å². The van der Waals surface area contributed by atoms with Crippen LogP contribution < -0.4 is 0 Å². The first-order valence-corrected chi connectivity index (χ1v) is 6.44. The minimum atomic E-state index is 0. The van der Waals surface area contributed by atoms with Crippen molar-refractivity contribution in [3.8, 4) is 0 Å². The minimum Gasteiger partial charge on any atom is -0.702 e. The standard InChI is InChI=1S/2C7H11N2.Cu/c2*1-6(8)5-7-3-2-4-9-7;/h2*5,8H,2-4H2,1H3;/q2*-1;+2/b2*6-5-;. The van der Waals surface area contributed by atoms with Gasteiger partial charge in [-0.2, -0.15) is 11.4 Å². The zero-order valence-corrected chi connectivity index (χ0v) is 12.5. The van der Waals surface area contributed by atoms with Crippen molar-refractivity contribution in [3.05, 3.63) is 35.0 Å². The molecular formula is C14H22CuN4. The molecule has 0 spiro atoms. The van der Waals surface area contributed by atoms with Crippen molar-refractivity contribution >= 4 is 11.4 Å². The number of hydrogen-bond acceptors (Lipinski definition) is 2. The Kier molecular flexibility index (Phi) is 9.27. The van der Waals surface area contributed by atoms with Gasteiger partial charge in [-0.1, -0.05) is 26.0 Å². The van der Waals surface area contributed by atoms with Gasteiger partial charge in [-0.05, 0) is 25.7 Å². The van der Waals surface area contributed by atoms with Gasteiger partial charge < -0.3 is 11.5 Å². The summed E-state index contributed by atoms with van der Waals surface area (Å²) in [5, 5.41) is 0. The Morgan fingerprint density at radius 1 is 0.895 bits per heavy atom. The number of nitrogens with one attached hydrogen (secondary N) is 2. The molecule has 0 aliphatic carbocycles. The molecule has 0 amide bonds. The second-order valence-electron chi connectivity index (χ2n) is 4.61. The van der Waals surface area contributed by atoms with Crippen LogP contribution in [0.5, 0.6) is 0 Å². The summed E-state index contributed by atoms with van der Waals surface area (Å²) >= 11 is 0. The molecule has 2 N–H and O–H groups in total. The maximum atomic E-state index is 7.12. The van der Waals surface area contributed by atoms with Gasteiger partial charge in [0.1, 0.15) is 0 Å². The molecule has 2 rings (SSSR count). The molecule has 2 aliphatic heterocycles. The molecule has 0 aromatic rings. The van der Waals surface area contributed by atoms with Crippen LogP contribution in [-0.4, -0.2) is 24.5 Å². The third-order valence-electron chi connectivity index (χ3n) is 2.58. The van der Waals surface area contributed by atoms with Crippen LogP contribution >= 0.6 is 0 Å². The third kappa shape index (κ3) is 8.62. The van der Waals surface area contributed by atoms with E-state index >= 15 is 0 Å². The van der Waals surface area contributed by atoms with Crippen molar-refractivity contribution in [1.82, 2.24) is 0 Å². The van der Waals surface area contributed by atoms with E-state index in [0.717, 1.165) is 37.4 Å². The fourth-order valence-electron chi connectivity index (χ4n) is 1.86. The summed E-state index contributed by atoms with van der Waals surface area (Å²) in [6, 6.07) is 0. The van der Waals surface area contributed by atoms with Crippen LogP contribution in [0.2, 0.25) is 0 Å². The monoisotopic (exact) mass is 309 g/mol. The molecule has 2 aliphatic rings.